The zero-order valence-corrected chi connectivity index (χ0v) is 26.8. The van der Waals surface area contributed by atoms with Crippen LogP contribution in [0.15, 0.2) is 134 Å². The van der Waals surface area contributed by atoms with E-state index in [2.05, 4.69) is 101 Å². The van der Waals surface area contributed by atoms with Crippen molar-refractivity contribution < 1.29 is 4.74 Å². The Kier molecular flexibility index (Phi) is 5.87. The molecular weight excluding hydrogens is 605 g/mol. The Labute approximate surface area is 280 Å². The minimum absolute atomic E-state index is 0.716. The summed E-state index contributed by atoms with van der Waals surface area (Å²) in [5.74, 6) is 1.44. The van der Waals surface area contributed by atoms with E-state index in [0.717, 1.165) is 94.6 Å². The fraction of sp³-hybridized carbons (Fsp3) is 0.0476. The molecule has 0 aliphatic carbocycles. The minimum Gasteiger partial charge on any atom is -0.457 e. The Balaban J connectivity index is 1.21. The van der Waals surface area contributed by atoms with Crippen LogP contribution in [-0.4, -0.2) is 28.7 Å². The molecule has 0 saturated heterocycles. The van der Waals surface area contributed by atoms with Crippen LogP contribution < -0.4 is 4.74 Å². The number of hydrogen-bond donors (Lipinski definition) is 0. The standard InChI is InChI=1S/C42H28N6O/c1-25-26(2)47-36-16-10-21-43-38(36)32-20-18-30(24-35(32)41(47)45-25)49-29-17-19-31-33-15-9-22-44-40(33)48-39(28-13-7-4-8-14-28)37(27-11-5-3-6-12-27)46-42(48)34(31)23-29/h3-24H,1-2H3. The Morgan fingerprint density at radius 3 is 1.94 bits per heavy atom. The van der Waals surface area contributed by atoms with E-state index in [9.17, 15) is 0 Å². The summed E-state index contributed by atoms with van der Waals surface area (Å²) in [6, 6.07) is 41.4. The van der Waals surface area contributed by atoms with Gasteiger partial charge < -0.3 is 4.74 Å². The lowest BCUT2D eigenvalue weighted by Gasteiger charge is -2.13. The van der Waals surface area contributed by atoms with Gasteiger partial charge in [-0.25, -0.2) is 15.0 Å². The largest absolute Gasteiger partial charge is 0.457 e. The van der Waals surface area contributed by atoms with Gasteiger partial charge in [-0.15, -0.1) is 0 Å². The second kappa shape index (κ2) is 10.5. The molecule has 0 atom stereocenters. The topological polar surface area (TPSA) is 69.6 Å². The van der Waals surface area contributed by atoms with Crippen LogP contribution in [0.1, 0.15) is 11.4 Å². The van der Waals surface area contributed by atoms with Gasteiger partial charge in [-0.1, -0.05) is 60.7 Å². The molecular formula is C42H28N6O. The maximum atomic E-state index is 6.65. The maximum Gasteiger partial charge on any atom is 0.147 e. The molecule has 0 bridgehead atoms. The molecule has 0 fully saturated rings. The molecule has 6 heterocycles. The lowest BCUT2D eigenvalue weighted by Crippen LogP contribution is -1.97. The lowest BCUT2D eigenvalue weighted by atomic mass is 10.0. The number of benzene rings is 4. The van der Waals surface area contributed by atoms with Gasteiger partial charge >= 0.3 is 0 Å². The zero-order valence-electron chi connectivity index (χ0n) is 26.8. The number of aryl methyl sites for hydroxylation is 2. The number of ether oxygens (including phenoxy) is 1. The molecule has 232 valence electrons. The van der Waals surface area contributed by atoms with Gasteiger partial charge in [-0.2, -0.15) is 0 Å². The van der Waals surface area contributed by atoms with Crippen LogP contribution in [-0.2, 0) is 0 Å². The van der Waals surface area contributed by atoms with Crippen LogP contribution in [0.5, 0.6) is 11.5 Å². The van der Waals surface area contributed by atoms with Crippen molar-refractivity contribution in [2.75, 3.05) is 0 Å². The number of fused-ring (bicyclic) bond motifs is 12. The molecule has 4 aromatic carbocycles. The Bertz CT molecular complexity index is 2930. The van der Waals surface area contributed by atoms with E-state index < -0.39 is 0 Å². The van der Waals surface area contributed by atoms with E-state index in [1.54, 1.807) is 0 Å². The monoisotopic (exact) mass is 632 g/mol. The number of hydrogen-bond acceptors (Lipinski definition) is 5. The first kappa shape index (κ1) is 27.5. The molecule has 10 rings (SSSR count). The van der Waals surface area contributed by atoms with Crippen molar-refractivity contribution in [3.05, 3.63) is 145 Å². The predicted molar refractivity (Wildman–Crippen MR) is 196 cm³/mol. The maximum absolute atomic E-state index is 6.65. The van der Waals surface area contributed by atoms with Crippen molar-refractivity contribution >= 4 is 54.9 Å². The fourth-order valence-corrected chi connectivity index (χ4v) is 7.24. The summed E-state index contributed by atoms with van der Waals surface area (Å²) in [7, 11) is 0. The molecule has 0 unspecified atom stereocenters. The third-order valence-electron chi connectivity index (χ3n) is 9.59. The molecule has 0 saturated carbocycles. The van der Waals surface area contributed by atoms with Gasteiger partial charge in [-0.3, -0.25) is 13.8 Å². The Morgan fingerprint density at radius 2 is 1.16 bits per heavy atom. The van der Waals surface area contributed by atoms with Gasteiger partial charge in [0.05, 0.1) is 28.1 Å². The summed E-state index contributed by atoms with van der Waals surface area (Å²) in [5, 5.41) is 5.12. The van der Waals surface area contributed by atoms with Crippen molar-refractivity contribution in [1.29, 1.82) is 0 Å². The normalized spacial score (nSPS) is 11.9. The average Bonchev–Trinajstić information content (AvgIpc) is 3.71. The summed E-state index contributed by atoms with van der Waals surface area (Å²) >= 11 is 0. The number of imidazole rings is 2. The van der Waals surface area contributed by atoms with Crippen LogP contribution in [0.4, 0.5) is 0 Å². The van der Waals surface area contributed by atoms with Gasteiger partial charge in [0.25, 0.3) is 0 Å². The van der Waals surface area contributed by atoms with Crippen molar-refractivity contribution in [1.82, 2.24) is 28.7 Å². The smallest absolute Gasteiger partial charge is 0.147 e. The highest BCUT2D eigenvalue weighted by atomic mass is 16.5. The Morgan fingerprint density at radius 1 is 0.510 bits per heavy atom. The first-order valence-corrected chi connectivity index (χ1v) is 16.3. The number of pyridine rings is 4. The highest BCUT2D eigenvalue weighted by Gasteiger charge is 2.22. The molecule has 7 heteroatoms. The Hall–Kier alpha value is -6.60. The second-order valence-corrected chi connectivity index (χ2v) is 12.4. The molecule has 0 spiro atoms. The van der Waals surface area contributed by atoms with Crippen molar-refractivity contribution in [3.8, 4) is 34.0 Å². The second-order valence-electron chi connectivity index (χ2n) is 12.4. The SMILES string of the molecule is Cc1nc2c3cc(Oc4ccc5c6cccnc6n6c(-c7ccccc7)c(-c7ccccc7)nc6c5c4)ccc3c3ncccc3n2c1C. The van der Waals surface area contributed by atoms with Crippen LogP contribution in [0.25, 0.3) is 77.4 Å². The highest BCUT2D eigenvalue weighted by molar-refractivity contribution is 6.13. The van der Waals surface area contributed by atoms with E-state index in [-0.39, 0.29) is 0 Å². The number of nitrogens with zero attached hydrogens (tertiary/aromatic N) is 6. The summed E-state index contributed by atoms with van der Waals surface area (Å²) in [6.45, 7) is 4.15. The molecule has 6 aromatic heterocycles. The highest BCUT2D eigenvalue weighted by Crippen LogP contribution is 2.40. The van der Waals surface area contributed by atoms with Crippen LogP contribution in [0, 0.1) is 13.8 Å². The summed E-state index contributed by atoms with van der Waals surface area (Å²) < 4.78 is 11.0. The third kappa shape index (κ3) is 4.09. The van der Waals surface area contributed by atoms with Gasteiger partial charge in [0.1, 0.15) is 28.4 Å². The van der Waals surface area contributed by atoms with E-state index in [1.807, 2.05) is 55.7 Å². The van der Waals surface area contributed by atoms with Crippen molar-refractivity contribution in [2.24, 2.45) is 0 Å². The fourth-order valence-electron chi connectivity index (χ4n) is 7.24. The van der Waals surface area contributed by atoms with E-state index in [4.69, 9.17) is 24.7 Å². The predicted octanol–water partition coefficient (Wildman–Crippen LogP) is 10.1. The molecule has 0 N–H and O–H groups in total. The van der Waals surface area contributed by atoms with Crippen LogP contribution >= 0.6 is 0 Å². The zero-order chi connectivity index (χ0) is 32.6. The summed E-state index contributed by atoms with van der Waals surface area (Å²) in [4.78, 5) is 20.0. The molecule has 0 aliphatic rings. The average molecular weight is 633 g/mol. The lowest BCUT2D eigenvalue weighted by molar-refractivity contribution is 0.484. The summed E-state index contributed by atoms with van der Waals surface area (Å²) in [6.07, 6.45) is 3.69. The molecule has 7 nitrogen and oxygen atoms in total. The quantitative estimate of drug-likeness (QED) is 0.181. The molecule has 0 amide bonds. The first-order chi connectivity index (χ1) is 24.1. The van der Waals surface area contributed by atoms with E-state index in [1.165, 1.54) is 0 Å². The minimum atomic E-state index is 0.716. The van der Waals surface area contributed by atoms with Crippen LogP contribution in [0.2, 0.25) is 0 Å². The molecule has 0 aliphatic heterocycles. The number of aromatic nitrogens is 6. The molecule has 10 aromatic rings. The van der Waals surface area contributed by atoms with Gasteiger partial charge in [-0.05, 0) is 79.9 Å². The first-order valence-electron chi connectivity index (χ1n) is 16.3. The summed E-state index contributed by atoms with van der Waals surface area (Å²) in [5.41, 5.74) is 10.7. The molecule has 49 heavy (non-hydrogen) atoms. The number of rotatable bonds is 4. The van der Waals surface area contributed by atoms with Gasteiger partial charge in [0.2, 0.25) is 0 Å². The van der Waals surface area contributed by atoms with Crippen LogP contribution in [0.3, 0.4) is 0 Å². The van der Waals surface area contributed by atoms with Gasteiger partial charge in [0.15, 0.2) is 0 Å². The van der Waals surface area contributed by atoms with Crippen molar-refractivity contribution in [2.45, 2.75) is 13.8 Å². The third-order valence-corrected chi connectivity index (χ3v) is 9.59. The molecule has 0 radical (unpaired) electrons. The van der Waals surface area contributed by atoms with E-state index in [0.29, 0.717) is 5.75 Å². The van der Waals surface area contributed by atoms with Gasteiger partial charge in [0, 0.05) is 50.8 Å². The van der Waals surface area contributed by atoms with E-state index >= 15 is 0 Å². The van der Waals surface area contributed by atoms with Crippen molar-refractivity contribution in [3.63, 3.8) is 0 Å².